The first-order valence-electron chi connectivity index (χ1n) is 10.2. The molecule has 0 N–H and O–H groups in total. The summed E-state index contributed by atoms with van der Waals surface area (Å²) in [5.74, 6) is 1.25. The van der Waals surface area contributed by atoms with E-state index >= 15 is 0 Å². The molecule has 150 valence electrons. The first-order chi connectivity index (χ1) is 12.7. The van der Waals surface area contributed by atoms with Crippen LogP contribution in [0.4, 0.5) is 0 Å². The largest absolute Gasteiger partial charge is 0.493 e. The molecular weight excluding hydrogens is 344 g/mol. The van der Waals surface area contributed by atoms with E-state index in [1.807, 2.05) is 13.0 Å². The molecule has 2 saturated carbocycles. The number of hydrogen-bond acceptors (Lipinski definition) is 5. The Balaban J connectivity index is 1.86. The summed E-state index contributed by atoms with van der Waals surface area (Å²) in [6.07, 6.45) is 3.68. The summed E-state index contributed by atoms with van der Waals surface area (Å²) in [6.45, 7) is 8.53. The van der Waals surface area contributed by atoms with E-state index in [4.69, 9.17) is 14.2 Å². The van der Waals surface area contributed by atoms with E-state index < -0.39 is 5.41 Å². The standard InChI is InChI=1S/C22H32O5/c1-11-7-16(25-5)20(24)22(4)13(11)8-18-21(3)14(9-19(26-6)27-18)12(2)15(23)10-17(21)22/h7,11-14,17-19H,8-10H2,1-6H3/t11-,12?,13+,14+,17+,18-,19+,21+,22+/m1/s1. The van der Waals surface area contributed by atoms with Crippen molar-refractivity contribution in [3.05, 3.63) is 11.8 Å². The average Bonchev–Trinajstić information content (AvgIpc) is 2.64. The van der Waals surface area contributed by atoms with Crippen LogP contribution in [0, 0.1) is 40.4 Å². The van der Waals surface area contributed by atoms with Crippen LogP contribution in [0.2, 0.25) is 0 Å². The average molecular weight is 376 g/mol. The van der Waals surface area contributed by atoms with Crippen molar-refractivity contribution in [2.75, 3.05) is 14.2 Å². The van der Waals surface area contributed by atoms with Crippen LogP contribution in [0.5, 0.6) is 0 Å². The SMILES string of the molecule is COC1=C[C@@H](C)[C@@H]2C[C@H]3O[C@H](OC)C[C@H]4C(C)C(=O)C[C@H]([C@@]2(C)C1=O)[C@@]34C. The van der Waals surface area contributed by atoms with Gasteiger partial charge in [-0.3, -0.25) is 9.59 Å². The van der Waals surface area contributed by atoms with Gasteiger partial charge in [0.15, 0.2) is 12.0 Å². The van der Waals surface area contributed by atoms with Crippen molar-refractivity contribution in [1.29, 1.82) is 0 Å². The molecule has 4 aliphatic rings. The highest BCUT2D eigenvalue weighted by Crippen LogP contribution is 2.68. The summed E-state index contributed by atoms with van der Waals surface area (Å²) >= 11 is 0. The highest BCUT2D eigenvalue weighted by molar-refractivity contribution is 6.00. The van der Waals surface area contributed by atoms with Crippen LogP contribution in [0.15, 0.2) is 11.8 Å². The zero-order valence-corrected chi connectivity index (χ0v) is 17.3. The Hall–Kier alpha value is -1.20. The molecule has 0 bridgehead atoms. The van der Waals surface area contributed by atoms with E-state index in [0.29, 0.717) is 18.6 Å². The predicted octanol–water partition coefficient (Wildman–Crippen LogP) is 3.37. The summed E-state index contributed by atoms with van der Waals surface area (Å²) in [7, 11) is 3.24. The van der Waals surface area contributed by atoms with Crippen LogP contribution >= 0.6 is 0 Å². The summed E-state index contributed by atoms with van der Waals surface area (Å²) in [4.78, 5) is 26.5. The molecule has 0 aromatic rings. The number of methoxy groups -OCH3 is 2. The molecule has 27 heavy (non-hydrogen) atoms. The van der Waals surface area contributed by atoms with Crippen LogP contribution in [-0.2, 0) is 23.8 Å². The zero-order chi connectivity index (χ0) is 19.7. The van der Waals surface area contributed by atoms with Gasteiger partial charge in [0.05, 0.1) is 13.2 Å². The molecule has 1 aliphatic heterocycles. The Kier molecular flexibility index (Phi) is 4.36. The van der Waals surface area contributed by atoms with Gasteiger partial charge < -0.3 is 14.2 Å². The number of allylic oxidation sites excluding steroid dienone is 2. The minimum absolute atomic E-state index is 0.00701. The van der Waals surface area contributed by atoms with Crippen molar-refractivity contribution in [2.45, 2.75) is 59.4 Å². The minimum Gasteiger partial charge on any atom is -0.493 e. The summed E-state index contributed by atoms with van der Waals surface area (Å²) in [6, 6.07) is 0. The molecule has 0 aromatic carbocycles. The number of rotatable bonds is 2. The maximum absolute atomic E-state index is 13.5. The van der Waals surface area contributed by atoms with E-state index in [1.165, 1.54) is 0 Å². The molecule has 5 heteroatoms. The molecule has 1 unspecified atom stereocenters. The van der Waals surface area contributed by atoms with Crippen LogP contribution in [0.1, 0.15) is 47.0 Å². The Morgan fingerprint density at radius 2 is 1.81 bits per heavy atom. The fourth-order valence-corrected chi connectivity index (χ4v) is 7.14. The molecule has 0 radical (unpaired) electrons. The van der Waals surface area contributed by atoms with Gasteiger partial charge in [0, 0.05) is 36.7 Å². The van der Waals surface area contributed by atoms with Gasteiger partial charge in [-0.25, -0.2) is 0 Å². The summed E-state index contributed by atoms with van der Waals surface area (Å²) in [5, 5.41) is 0. The second kappa shape index (κ2) is 6.15. The lowest BCUT2D eigenvalue weighted by atomic mass is 9.39. The van der Waals surface area contributed by atoms with Crippen molar-refractivity contribution in [2.24, 2.45) is 40.4 Å². The van der Waals surface area contributed by atoms with Gasteiger partial charge in [-0.1, -0.05) is 27.7 Å². The smallest absolute Gasteiger partial charge is 0.203 e. The first kappa shape index (κ1) is 19.1. The van der Waals surface area contributed by atoms with E-state index in [1.54, 1.807) is 14.2 Å². The van der Waals surface area contributed by atoms with Crippen LogP contribution in [0.25, 0.3) is 0 Å². The number of carbonyl (C=O) groups is 2. The molecule has 4 rings (SSSR count). The molecule has 0 amide bonds. The highest BCUT2D eigenvalue weighted by Gasteiger charge is 2.69. The van der Waals surface area contributed by atoms with Crippen LogP contribution in [0.3, 0.4) is 0 Å². The number of ether oxygens (including phenoxy) is 3. The van der Waals surface area contributed by atoms with Gasteiger partial charge in [0.25, 0.3) is 0 Å². The molecule has 3 aliphatic carbocycles. The number of ketones is 2. The fourth-order valence-electron chi connectivity index (χ4n) is 7.14. The lowest BCUT2D eigenvalue weighted by molar-refractivity contribution is -0.296. The predicted molar refractivity (Wildman–Crippen MR) is 99.6 cm³/mol. The lowest BCUT2D eigenvalue weighted by Crippen LogP contribution is -2.69. The third-order valence-corrected chi connectivity index (χ3v) is 8.73. The molecule has 0 spiro atoms. The van der Waals surface area contributed by atoms with E-state index in [-0.39, 0.29) is 59.0 Å². The van der Waals surface area contributed by atoms with Crippen molar-refractivity contribution in [3.8, 4) is 0 Å². The molecule has 1 saturated heterocycles. The molecule has 3 fully saturated rings. The van der Waals surface area contributed by atoms with Crippen molar-refractivity contribution < 1.29 is 23.8 Å². The van der Waals surface area contributed by atoms with Gasteiger partial charge in [0.2, 0.25) is 5.78 Å². The Morgan fingerprint density at radius 1 is 1.11 bits per heavy atom. The van der Waals surface area contributed by atoms with E-state index in [2.05, 4.69) is 20.8 Å². The third kappa shape index (κ3) is 2.30. The maximum Gasteiger partial charge on any atom is 0.203 e. The van der Waals surface area contributed by atoms with Gasteiger partial charge in [0.1, 0.15) is 5.78 Å². The maximum atomic E-state index is 13.5. The van der Waals surface area contributed by atoms with E-state index in [0.717, 1.165) is 6.42 Å². The first-order valence-corrected chi connectivity index (χ1v) is 10.2. The zero-order valence-electron chi connectivity index (χ0n) is 17.3. The molecule has 0 aromatic heterocycles. The number of hydrogen-bond donors (Lipinski definition) is 0. The lowest BCUT2D eigenvalue weighted by Gasteiger charge is -2.67. The Bertz CT molecular complexity index is 699. The third-order valence-electron chi connectivity index (χ3n) is 8.73. The Labute approximate surface area is 161 Å². The number of fused-ring (bicyclic) bond motifs is 2. The van der Waals surface area contributed by atoms with Crippen LogP contribution in [-0.4, -0.2) is 38.2 Å². The van der Waals surface area contributed by atoms with Crippen molar-refractivity contribution in [1.82, 2.24) is 0 Å². The van der Waals surface area contributed by atoms with Gasteiger partial charge >= 0.3 is 0 Å². The van der Waals surface area contributed by atoms with Crippen molar-refractivity contribution in [3.63, 3.8) is 0 Å². The molecule has 9 atom stereocenters. The monoisotopic (exact) mass is 376 g/mol. The molecule has 1 heterocycles. The summed E-state index contributed by atoms with van der Waals surface area (Å²) < 4.78 is 17.4. The minimum atomic E-state index is -0.595. The summed E-state index contributed by atoms with van der Waals surface area (Å²) in [5.41, 5.74) is -0.804. The van der Waals surface area contributed by atoms with Crippen molar-refractivity contribution >= 4 is 11.6 Å². The number of carbonyl (C=O) groups excluding carboxylic acids is 2. The highest BCUT2D eigenvalue weighted by atomic mass is 16.7. The fraction of sp³-hybridized carbons (Fsp3) is 0.818. The van der Waals surface area contributed by atoms with Gasteiger partial charge in [-0.15, -0.1) is 0 Å². The molecule has 5 nitrogen and oxygen atoms in total. The Morgan fingerprint density at radius 3 is 2.44 bits per heavy atom. The normalized spacial score (nSPS) is 51.9. The molecular formula is C22H32O5. The van der Waals surface area contributed by atoms with Gasteiger partial charge in [-0.2, -0.15) is 0 Å². The van der Waals surface area contributed by atoms with E-state index in [9.17, 15) is 9.59 Å². The quantitative estimate of drug-likeness (QED) is 0.739. The van der Waals surface area contributed by atoms with Gasteiger partial charge in [-0.05, 0) is 36.2 Å². The number of Topliss-reactive ketones (excluding diaryl/α,β-unsaturated/α-hetero) is 2. The van der Waals surface area contributed by atoms with Crippen LogP contribution < -0.4 is 0 Å². The second-order valence-electron chi connectivity index (χ2n) is 9.56. The topological polar surface area (TPSA) is 61.8 Å². The second-order valence-corrected chi connectivity index (χ2v) is 9.56.